The second-order valence-corrected chi connectivity index (χ2v) is 7.61. The lowest BCUT2D eigenvalue weighted by atomic mass is 10.1. The van der Waals surface area contributed by atoms with Gasteiger partial charge in [-0.3, -0.25) is 19.5 Å². The van der Waals surface area contributed by atoms with E-state index in [1.54, 1.807) is 30.7 Å². The highest BCUT2D eigenvalue weighted by molar-refractivity contribution is 6.30. The Kier molecular flexibility index (Phi) is 5.45. The Balaban J connectivity index is 1.78. The fourth-order valence-corrected chi connectivity index (χ4v) is 3.86. The van der Waals surface area contributed by atoms with E-state index in [0.717, 1.165) is 11.2 Å². The summed E-state index contributed by atoms with van der Waals surface area (Å²) in [5.41, 5.74) is 3.73. The van der Waals surface area contributed by atoms with Gasteiger partial charge in [-0.2, -0.15) is 0 Å². The first kappa shape index (κ1) is 21.0. The number of aromatic amines is 1. The highest BCUT2D eigenvalue weighted by Gasteiger charge is 2.25. The molecule has 0 bridgehead atoms. The van der Waals surface area contributed by atoms with Gasteiger partial charge in [0.2, 0.25) is 5.82 Å². The Morgan fingerprint density at radius 1 is 1.24 bits per heavy atom. The summed E-state index contributed by atoms with van der Waals surface area (Å²) in [7, 11) is 1.89. The van der Waals surface area contributed by atoms with Crippen LogP contribution in [0.4, 0.5) is 0 Å². The molecule has 0 fully saturated rings. The van der Waals surface area contributed by atoms with E-state index in [1.165, 1.54) is 0 Å². The Hall–Kier alpha value is -3.89. The van der Waals surface area contributed by atoms with Crippen LogP contribution in [0.25, 0.3) is 33.8 Å². The van der Waals surface area contributed by atoms with Crippen molar-refractivity contribution in [3.05, 3.63) is 76.0 Å². The number of H-pyrrole nitrogens is 1. The molecule has 0 aliphatic heterocycles. The molecule has 5 aromatic heterocycles. The summed E-state index contributed by atoms with van der Waals surface area (Å²) < 4.78 is 12.6. The van der Waals surface area contributed by atoms with Crippen molar-refractivity contribution in [2.45, 2.75) is 13.0 Å². The Morgan fingerprint density at radius 2 is 2.12 bits per heavy atom. The first-order chi connectivity index (χ1) is 16.0. The zero-order chi connectivity index (χ0) is 22.9. The number of imidazole rings is 1. The molecule has 1 unspecified atom stereocenters. The topological polar surface area (TPSA) is 125 Å². The average Bonchev–Trinajstić information content (AvgIpc) is 3.41. The van der Waals surface area contributed by atoms with E-state index >= 15 is 0 Å². The standard InChI is InChI=1S/C22H18ClN7O3/c1-3-32-19(14-6-4-5-7-25-14)21-27-15-9-16(20-28-22(31)33-29-20)26-17(18(15)30(21)2)12-8-13(23)11-24-10-12/h4-11,19H,3H2,1-2H3,(H,28,29,31). The zero-order valence-electron chi connectivity index (χ0n) is 17.7. The van der Waals surface area contributed by atoms with Crippen molar-refractivity contribution < 1.29 is 9.26 Å². The molecule has 0 aromatic carbocycles. The van der Waals surface area contributed by atoms with E-state index in [9.17, 15) is 4.79 Å². The van der Waals surface area contributed by atoms with E-state index in [4.69, 9.17) is 26.3 Å². The van der Waals surface area contributed by atoms with Crippen molar-refractivity contribution in [1.29, 1.82) is 0 Å². The van der Waals surface area contributed by atoms with Crippen molar-refractivity contribution in [3.63, 3.8) is 0 Å². The molecular weight excluding hydrogens is 446 g/mol. The molecule has 0 spiro atoms. The van der Waals surface area contributed by atoms with Gasteiger partial charge in [0.25, 0.3) is 0 Å². The molecule has 5 rings (SSSR count). The van der Waals surface area contributed by atoms with Gasteiger partial charge in [-0.15, -0.1) is 0 Å². The van der Waals surface area contributed by atoms with Gasteiger partial charge in [0.05, 0.1) is 27.4 Å². The third-order valence-corrected chi connectivity index (χ3v) is 5.28. The Bertz CT molecular complexity index is 1490. The van der Waals surface area contributed by atoms with Crippen LogP contribution in [0, 0.1) is 0 Å². The van der Waals surface area contributed by atoms with E-state index in [0.29, 0.717) is 39.9 Å². The van der Waals surface area contributed by atoms with Crippen LogP contribution in [-0.2, 0) is 11.8 Å². The SMILES string of the molecule is CCOC(c1ccccn1)c1nc2cc(-c3noc(=O)[nH]3)nc(-c3cncc(Cl)c3)c2n1C. The van der Waals surface area contributed by atoms with Gasteiger partial charge < -0.3 is 9.30 Å². The maximum Gasteiger partial charge on any atom is 0.439 e. The fraction of sp³-hybridized carbons (Fsp3) is 0.182. The predicted octanol–water partition coefficient (Wildman–Crippen LogP) is 3.55. The summed E-state index contributed by atoms with van der Waals surface area (Å²) in [5, 5.41) is 4.23. The third kappa shape index (κ3) is 3.90. The number of nitrogens with one attached hydrogen (secondary N) is 1. The summed E-state index contributed by atoms with van der Waals surface area (Å²) >= 11 is 6.21. The average molecular weight is 464 g/mol. The van der Waals surface area contributed by atoms with Crippen LogP contribution in [0.2, 0.25) is 5.02 Å². The van der Waals surface area contributed by atoms with Crippen LogP contribution in [0.1, 0.15) is 24.5 Å². The lowest BCUT2D eigenvalue weighted by molar-refractivity contribution is 0.0806. The lowest BCUT2D eigenvalue weighted by Crippen LogP contribution is -2.13. The van der Waals surface area contributed by atoms with Crippen molar-refractivity contribution in [2.24, 2.45) is 7.05 Å². The van der Waals surface area contributed by atoms with Gasteiger partial charge >= 0.3 is 5.76 Å². The molecule has 0 saturated carbocycles. The van der Waals surface area contributed by atoms with Crippen LogP contribution in [0.5, 0.6) is 0 Å². The molecule has 1 atom stereocenters. The highest BCUT2D eigenvalue weighted by Crippen LogP contribution is 2.34. The van der Waals surface area contributed by atoms with Crippen LogP contribution < -0.4 is 5.76 Å². The highest BCUT2D eigenvalue weighted by atomic mass is 35.5. The second kappa shape index (κ2) is 8.57. The number of aromatic nitrogens is 7. The molecule has 5 aromatic rings. The molecule has 5 heterocycles. The second-order valence-electron chi connectivity index (χ2n) is 7.18. The molecule has 0 radical (unpaired) electrons. The number of hydrogen-bond acceptors (Lipinski definition) is 8. The number of rotatable bonds is 6. The van der Waals surface area contributed by atoms with Crippen molar-refractivity contribution in [3.8, 4) is 22.8 Å². The minimum absolute atomic E-state index is 0.191. The van der Waals surface area contributed by atoms with E-state index < -0.39 is 11.9 Å². The van der Waals surface area contributed by atoms with Crippen LogP contribution in [0.3, 0.4) is 0 Å². The van der Waals surface area contributed by atoms with Crippen LogP contribution >= 0.6 is 11.6 Å². The summed E-state index contributed by atoms with van der Waals surface area (Å²) in [5.74, 6) is 0.164. The molecule has 0 saturated heterocycles. The number of hydrogen-bond donors (Lipinski definition) is 1. The van der Waals surface area contributed by atoms with E-state index in [-0.39, 0.29) is 5.82 Å². The number of nitrogens with zero attached hydrogens (tertiary/aromatic N) is 6. The number of ether oxygens (including phenoxy) is 1. The normalized spacial score (nSPS) is 12.3. The van der Waals surface area contributed by atoms with Gasteiger partial charge in [-0.05, 0) is 31.2 Å². The maximum atomic E-state index is 11.5. The summed E-state index contributed by atoms with van der Waals surface area (Å²) in [4.78, 5) is 32.3. The summed E-state index contributed by atoms with van der Waals surface area (Å²) in [6.45, 7) is 2.39. The first-order valence-corrected chi connectivity index (χ1v) is 10.5. The number of aryl methyl sites for hydroxylation is 1. The van der Waals surface area contributed by atoms with Crippen molar-refractivity contribution in [1.82, 2.24) is 34.6 Å². The van der Waals surface area contributed by atoms with Gasteiger partial charge in [-0.1, -0.05) is 22.8 Å². The Labute approximate surface area is 192 Å². The lowest BCUT2D eigenvalue weighted by Gasteiger charge is -2.16. The summed E-state index contributed by atoms with van der Waals surface area (Å²) in [6.07, 6.45) is 4.43. The minimum atomic E-state index is -0.675. The Morgan fingerprint density at radius 3 is 2.82 bits per heavy atom. The summed E-state index contributed by atoms with van der Waals surface area (Å²) in [6, 6.07) is 9.14. The largest absolute Gasteiger partial charge is 0.439 e. The molecule has 10 nitrogen and oxygen atoms in total. The van der Waals surface area contributed by atoms with Gasteiger partial charge in [0.15, 0.2) is 6.10 Å². The zero-order valence-corrected chi connectivity index (χ0v) is 18.4. The number of halogens is 1. The molecule has 0 aliphatic rings. The van der Waals surface area contributed by atoms with E-state index in [2.05, 4.69) is 24.6 Å². The molecule has 33 heavy (non-hydrogen) atoms. The number of pyridine rings is 3. The molecular formula is C22H18ClN7O3. The molecule has 166 valence electrons. The quantitative estimate of drug-likeness (QED) is 0.405. The number of fused-ring (bicyclic) bond motifs is 1. The smallest absolute Gasteiger partial charge is 0.364 e. The van der Waals surface area contributed by atoms with Crippen molar-refractivity contribution >= 4 is 22.6 Å². The van der Waals surface area contributed by atoms with E-state index in [1.807, 2.05) is 36.7 Å². The fourth-order valence-electron chi connectivity index (χ4n) is 3.68. The monoisotopic (exact) mass is 463 g/mol. The third-order valence-electron chi connectivity index (χ3n) is 5.07. The molecule has 1 N–H and O–H groups in total. The van der Waals surface area contributed by atoms with Crippen LogP contribution in [0.15, 0.2) is 58.2 Å². The van der Waals surface area contributed by atoms with Gasteiger partial charge in [0.1, 0.15) is 11.5 Å². The molecule has 11 heteroatoms. The van der Waals surface area contributed by atoms with Crippen LogP contribution in [-0.4, -0.2) is 41.3 Å². The minimum Gasteiger partial charge on any atom is -0.364 e. The molecule has 0 amide bonds. The van der Waals surface area contributed by atoms with Gasteiger partial charge in [0, 0.05) is 37.8 Å². The maximum absolute atomic E-state index is 11.5. The first-order valence-electron chi connectivity index (χ1n) is 10.1. The van der Waals surface area contributed by atoms with Gasteiger partial charge in [-0.25, -0.2) is 14.8 Å². The van der Waals surface area contributed by atoms with Crippen molar-refractivity contribution in [2.75, 3.05) is 6.61 Å². The predicted molar refractivity (Wildman–Crippen MR) is 121 cm³/mol. The molecule has 0 aliphatic carbocycles.